The van der Waals surface area contributed by atoms with Crippen LogP contribution in [0.15, 0.2) is 18.2 Å². The Morgan fingerprint density at radius 1 is 1.35 bits per heavy atom. The van der Waals surface area contributed by atoms with E-state index >= 15 is 0 Å². The number of rotatable bonds is 4. The summed E-state index contributed by atoms with van der Waals surface area (Å²) in [5.41, 5.74) is 6.74. The summed E-state index contributed by atoms with van der Waals surface area (Å²) in [6.45, 7) is 4.51. The maximum atomic E-state index is 13.9. The van der Waals surface area contributed by atoms with Gasteiger partial charge in [0, 0.05) is 11.7 Å². The van der Waals surface area contributed by atoms with Crippen LogP contribution in [0.5, 0.6) is 0 Å². The number of benzene rings is 1. The average molecular weight is 294 g/mol. The molecular weight excluding hydrogens is 271 g/mol. The lowest BCUT2D eigenvalue weighted by atomic mass is 9.77. The molecule has 20 heavy (non-hydrogen) atoms. The Hall–Kier alpha value is -1.16. The molecule has 2 atom stereocenters. The third-order valence-electron chi connectivity index (χ3n) is 4.28. The van der Waals surface area contributed by atoms with Crippen LogP contribution in [0.3, 0.4) is 0 Å². The highest BCUT2D eigenvalue weighted by Gasteiger charge is 2.28. The summed E-state index contributed by atoms with van der Waals surface area (Å²) in [7, 11) is 0. The summed E-state index contributed by atoms with van der Waals surface area (Å²) in [6.07, 6.45) is 4.86. The number of anilines is 1. The van der Waals surface area contributed by atoms with E-state index in [9.17, 15) is 4.39 Å². The monoisotopic (exact) mass is 294 g/mol. The second-order valence-corrected chi connectivity index (χ2v) is 6.41. The summed E-state index contributed by atoms with van der Waals surface area (Å²) in [4.78, 5) is 0.113. The number of nitrogens with one attached hydrogen (secondary N) is 1. The quantitative estimate of drug-likeness (QED) is 0.822. The normalized spacial score (nSPS) is 22.8. The summed E-state index contributed by atoms with van der Waals surface area (Å²) >= 11 is 4.98. The Bertz CT molecular complexity index is 487. The summed E-state index contributed by atoms with van der Waals surface area (Å²) in [5.74, 6) is 0.889. The summed E-state index contributed by atoms with van der Waals surface area (Å²) in [6, 6.07) is 5.34. The number of hydrogen-bond donors (Lipinski definition) is 2. The Kier molecular flexibility index (Phi) is 4.97. The molecule has 2 unspecified atom stereocenters. The van der Waals surface area contributed by atoms with E-state index in [1.165, 1.54) is 25.3 Å². The van der Waals surface area contributed by atoms with E-state index in [1.807, 2.05) is 6.07 Å². The van der Waals surface area contributed by atoms with Crippen LogP contribution in [-0.4, -0.2) is 11.0 Å². The molecule has 110 valence electrons. The van der Waals surface area contributed by atoms with Crippen molar-refractivity contribution >= 4 is 22.9 Å². The third kappa shape index (κ3) is 3.29. The Balaban J connectivity index is 2.24. The molecule has 0 bridgehead atoms. The Morgan fingerprint density at radius 2 is 2.05 bits per heavy atom. The van der Waals surface area contributed by atoms with Gasteiger partial charge in [-0.2, -0.15) is 0 Å². The molecule has 1 aromatic carbocycles. The molecule has 3 N–H and O–H groups in total. The van der Waals surface area contributed by atoms with E-state index < -0.39 is 0 Å². The van der Waals surface area contributed by atoms with E-state index in [-0.39, 0.29) is 10.8 Å². The molecule has 0 radical (unpaired) electrons. The number of nitrogens with two attached hydrogens (primary N) is 1. The molecule has 1 fully saturated rings. The van der Waals surface area contributed by atoms with Crippen molar-refractivity contribution in [2.45, 2.75) is 45.6 Å². The molecule has 0 saturated heterocycles. The first-order valence-electron chi connectivity index (χ1n) is 7.35. The fourth-order valence-electron chi connectivity index (χ4n) is 3.23. The molecule has 2 nitrogen and oxygen atoms in total. The van der Waals surface area contributed by atoms with Crippen LogP contribution in [0, 0.1) is 17.7 Å². The van der Waals surface area contributed by atoms with E-state index in [0.717, 1.165) is 12.1 Å². The largest absolute Gasteiger partial charge is 0.389 e. The van der Waals surface area contributed by atoms with Crippen molar-refractivity contribution in [1.82, 2.24) is 0 Å². The van der Waals surface area contributed by atoms with Crippen LogP contribution in [0.1, 0.15) is 45.1 Å². The average Bonchev–Trinajstić information content (AvgIpc) is 2.38. The molecule has 0 heterocycles. The van der Waals surface area contributed by atoms with Crippen LogP contribution in [0.25, 0.3) is 0 Å². The van der Waals surface area contributed by atoms with Gasteiger partial charge in [0.05, 0.1) is 5.56 Å². The van der Waals surface area contributed by atoms with Gasteiger partial charge in [-0.1, -0.05) is 45.0 Å². The summed E-state index contributed by atoms with van der Waals surface area (Å²) < 4.78 is 13.9. The lowest BCUT2D eigenvalue weighted by Gasteiger charge is -2.36. The topological polar surface area (TPSA) is 38.0 Å². The first-order chi connectivity index (χ1) is 9.50. The first-order valence-corrected chi connectivity index (χ1v) is 7.76. The second-order valence-electron chi connectivity index (χ2n) is 5.97. The zero-order valence-electron chi connectivity index (χ0n) is 12.2. The van der Waals surface area contributed by atoms with Gasteiger partial charge in [-0.05, 0) is 36.8 Å². The zero-order valence-corrected chi connectivity index (χ0v) is 13.0. The molecule has 0 amide bonds. The third-order valence-corrected chi connectivity index (χ3v) is 4.48. The number of thiocarbonyl (C=S) groups is 1. The number of halogens is 1. The Morgan fingerprint density at radius 3 is 2.70 bits per heavy atom. The fourth-order valence-corrected chi connectivity index (χ4v) is 3.44. The van der Waals surface area contributed by atoms with Gasteiger partial charge in [-0.3, -0.25) is 0 Å². The summed E-state index contributed by atoms with van der Waals surface area (Å²) in [5, 5.41) is 3.50. The predicted octanol–water partition coefficient (Wildman–Crippen LogP) is 4.09. The molecule has 1 aromatic rings. The molecular formula is C16H23FN2S. The standard InChI is InChI=1S/C16H23FN2S/c1-10(2)11-6-3-4-8-13(11)19-14-9-5-7-12(17)15(14)16(18)20/h5,7,9-11,13,19H,3-4,6,8H2,1-2H3,(H2,18,20). The fraction of sp³-hybridized carbons (Fsp3) is 0.562. The second kappa shape index (κ2) is 6.53. The molecule has 2 rings (SSSR count). The van der Waals surface area contributed by atoms with Crippen molar-refractivity contribution in [2.24, 2.45) is 17.6 Å². The van der Waals surface area contributed by atoms with Crippen molar-refractivity contribution in [3.8, 4) is 0 Å². The highest BCUT2D eigenvalue weighted by atomic mass is 32.1. The highest BCUT2D eigenvalue weighted by molar-refractivity contribution is 7.80. The van der Waals surface area contributed by atoms with E-state index in [2.05, 4.69) is 19.2 Å². The van der Waals surface area contributed by atoms with Gasteiger partial charge in [0.1, 0.15) is 10.8 Å². The van der Waals surface area contributed by atoms with Crippen molar-refractivity contribution < 1.29 is 4.39 Å². The van der Waals surface area contributed by atoms with E-state index in [1.54, 1.807) is 6.07 Å². The molecule has 4 heteroatoms. The molecule has 0 aromatic heterocycles. The van der Waals surface area contributed by atoms with Gasteiger partial charge in [-0.25, -0.2) is 4.39 Å². The SMILES string of the molecule is CC(C)C1CCCCC1Nc1cccc(F)c1C(N)=S. The van der Waals surface area contributed by atoms with Crippen molar-refractivity contribution in [3.63, 3.8) is 0 Å². The first kappa shape index (κ1) is 15.2. The van der Waals surface area contributed by atoms with Crippen LogP contribution in [0.2, 0.25) is 0 Å². The van der Waals surface area contributed by atoms with Crippen molar-refractivity contribution in [1.29, 1.82) is 0 Å². The maximum absolute atomic E-state index is 13.9. The van der Waals surface area contributed by atoms with Gasteiger partial charge in [0.25, 0.3) is 0 Å². The minimum atomic E-state index is -0.348. The predicted molar refractivity (Wildman–Crippen MR) is 86.5 cm³/mol. The van der Waals surface area contributed by atoms with Gasteiger partial charge < -0.3 is 11.1 Å². The molecule has 1 aliphatic carbocycles. The van der Waals surface area contributed by atoms with Crippen LogP contribution >= 0.6 is 12.2 Å². The molecule has 1 aliphatic rings. The number of hydrogen-bond acceptors (Lipinski definition) is 2. The lowest BCUT2D eigenvalue weighted by Crippen LogP contribution is -2.36. The van der Waals surface area contributed by atoms with Crippen LogP contribution in [-0.2, 0) is 0 Å². The molecule has 0 aliphatic heterocycles. The minimum absolute atomic E-state index is 0.113. The molecule has 1 saturated carbocycles. The lowest BCUT2D eigenvalue weighted by molar-refractivity contribution is 0.254. The van der Waals surface area contributed by atoms with Crippen molar-refractivity contribution in [2.75, 3.05) is 5.32 Å². The van der Waals surface area contributed by atoms with Crippen LogP contribution in [0.4, 0.5) is 10.1 Å². The molecule has 0 spiro atoms. The minimum Gasteiger partial charge on any atom is -0.389 e. The maximum Gasteiger partial charge on any atom is 0.135 e. The van der Waals surface area contributed by atoms with Gasteiger partial charge >= 0.3 is 0 Å². The Labute approximate surface area is 125 Å². The highest BCUT2D eigenvalue weighted by Crippen LogP contribution is 2.33. The smallest absolute Gasteiger partial charge is 0.135 e. The zero-order chi connectivity index (χ0) is 14.7. The van der Waals surface area contributed by atoms with Gasteiger partial charge in [0.15, 0.2) is 0 Å². The van der Waals surface area contributed by atoms with E-state index in [0.29, 0.717) is 23.4 Å². The van der Waals surface area contributed by atoms with E-state index in [4.69, 9.17) is 18.0 Å². The van der Waals surface area contributed by atoms with Gasteiger partial charge in [0.2, 0.25) is 0 Å². The van der Waals surface area contributed by atoms with Crippen LogP contribution < -0.4 is 11.1 Å². The van der Waals surface area contributed by atoms with Crippen molar-refractivity contribution in [3.05, 3.63) is 29.6 Å². The van der Waals surface area contributed by atoms with Gasteiger partial charge in [-0.15, -0.1) is 0 Å².